The number of aromatic nitrogens is 2. The number of nitrogens with one attached hydrogen (secondary N) is 1. The predicted octanol–water partition coefficient (Wildman–Crippen LogP) is 3.05. The van der Waals surface area contributed by atoms with E-state index in [2.05, 4.69) is 31.2 Å². The molecule has 9 heteroatoms. The fourth-order valence-corrected chi connectivity index (χ4v) is 1.88. The number of nitrogens with zero attached hydrogens (tertiary/aromatic N) is 3. The van der Waals surface area contributed by atoms with E-state index in [0.717, 1.165) is 16.7 Å². The van der Waals surface area contributed by atoms with Crippen LogP contribution in [-0.4, -0.2) is 20.8 Å². The van der Waals surface area contributed by atoms with Crippen molar-refractivity contribution in [1.29, 1.82) is 0 Å². The summed E-state index contributed by atoms with van der Waals surface area (Å²) >= 11 is 9.00. The molecule has 20 heavy (non-hydrogen) atoms. The van der Waals surface area contributed by atoms with Crippen LogP contribution in [-0.2, 0) is 0 Å². The molecule has 2 aromatic rings. The maximum Gasteiger partial charge on any atom is 0.288 e. The van der Waals surface area contributed by atoms with Gasteiger partial charge < -0.3 is 5.32 Å². The molecule has 0 atom stereocenters. The monoisotopic (exact) mass is 356 g/mol. The van der Waals surface area contributed by atoms with E-state index in [1.807, 2.05) is 0 Å². The summed E-state index contributed by atoms with van der Waals surface area (Å²) in [6.45, 7) is 0. The van der Waals surface area contributed by atoms with Gasteiger partial charge in [-0.3, -0.25) is 14.9 Å². The van der Waals surface area contributed by atoms with E-state index in [1.165, 1.54) is 6.20 Å². The van der Waals surface area contributed by atoms with Crippen LogP contribution in [0.3, 0.4) is 0 Å². The molecular formula is C11H6BrClN4O3. The topological polar surface area (TPSA) is 98.0 Å². The molecule has 0 bridgehead atoms. The molecule has 2 aromatic heterocycles. The van der Waals surface area contributed by atoms with Crippen molar-refractivity contribution in [3.63, 3.8) is 0 Å². The first kappa shape index (κ1) is 14.4. The molecule has 0 saturated carbocycles. The van der Waals surface area contributed by atoms with E-state index < -0.39 is 10.8 Å². The van der Waals surface area contributed by atoms with Crippen LogP contribution in [0.25, 0.3) is 0 Å². The van der Waals surface area contributed by atoms with Gasteiger partial charge in [0.1, 0.15) is 17.2 Å². The Morgan fingerprint density at radius 2 is 2.15 bits per heavy atom. The fraction of sp³-hybridized carbons (Fsp3) is 0. The van der Waals surface area contributed by atoms with Gasteiger partial charge in [-0.25, -0.2) is 9.97 Å². The average Bonchev–Trinajstić information content (AvgIpc) is 2.38. The summed E-state index contributed by atoms with van der Waals surface area (Å²) in [5, 5.41) is 13.0. The molecule has 2 rings (SSSR count). The first-order chi connectivity index (χ1) is 9.47. The summed E-state index contributed by atoms with van der Waals surface area (Å²) < 4.78 is 0.728. The number of hydrogen-bond acceptors (Lipinski definition) is 5. The molecule has 1 amide bonds. The number of anilines is 1. The van der Waals surface area contributed by atoms with E-state index >= 15 is 0 Å². The number of pyridine rings is 2. The van der Waals surface area contributed by atoms with Crippen LogP contribution < -0.4 is 5.32 Å². The largest absolute Gasteiger partial charge is 0.306 e. The third-order valence-corrected chi connectivity index (χ3v) is 3.04. The lowest BCUT2D eigenvalue weighted by molar-refractivity contribution is -0.385. The highest BCUT2D eigenvalue weighted by atomic mass is 79.9. The number of rotatable bonds is 3. The van der Waals surface area contributed by atoms with E-state index in [0.29, 0.717) is 0 Å². The molecular weight excluding hydrogens is 352 g/mol. The summed E-state index contributed by atoms with van der Waals surface area (Å²) in [5.41, 5.74) is -0.413. The minimum Gasteiger partial charge on any atom is -0.306 e. The number of halogens is 2. The average molecular weight is 358 g/mol. The van der Waals surface area contributed by atoms with Gasteiger partial charge in [-0.2, -0.15) is 0 Å². The van der Waals surface area contributed by atoms with E-state index in [9.17, 15) is 14.9 Å². The summed E-state index contributed by atoms with van der Waals surface area (Å²) in [7, 11) is 0. The maximum atomic E-state index is 12.0. The lowest BCUT2D eigenvalue weighted by Crippen LogP contribution is -2.14. The van der Waals surface area contributed by atoms with Gasteiger partial charge in [0.05, 0.1) is 10.5 Å². The number of carbonyl (C=O) groups excluding carboxylic acids is 1. The fourth-order valence-electron chi connectivity index (χ4n) is 1.35. The Labute approximate surface area is 126 Å². The van der Waals surface area contributed by atoms with Crippen molar-refractivity contribution in [2.75, 3.05) is 5.32 Å². The Morgan fingerprint density at radius 3 is 2.80 bits per heavy atom. The van der Waals surface area contributed by atoms with Crippen molar-refractivity contribution >= 4 is 44.9 Å². The molecule has 1 N–H and O–H groups in total. The number of amides is 1. The lowest BCUT2D eigenvalue weighted by Gasteiger charge is -2.05. The zero-order valence-corrected chi connectivity index (χ0v) is 12.1. The smallest absolute Gasteiger partial charge is 0.288 e. The van der Waals surface area contributed by atoms with Gasteiger partial charge in [0.15, 0.2) is 0 Å². The summed E-state index contributed by atoms with van der Waals surface area (Å²) in [5.74, 6) is -0.344. The molecule has 0 saturated heterocycles. The molecule has 0 radical (unpaired) electrons. The number of carbonyl (C=O) groups is 1. The first-order valence-electron chi connectivity index (χ1n) is 5.20. The molecule has 102 valence electrons. The van der Waals surface area contributed by atoms with Crippen LogP contribution in [0.4, 0.5) is 11.5 Å². The van der Waals surface area contributed by atoms with Crippen molar-refractivity contribution in [1.82, 2.24) is 9.97 Å². The van der Waals surface area contributed by atoms with Gasteiger partial charge in [0.2, 0.25) is 0 Å². The zero-order chi connectivity index (χ0) is 14.7. The summed E-state index contributed by atoms with van der Waals surface area (Å²) in [4.78, 5) is 29.6. The molecule has 0 unspecified atom stereocenters. The van der Waals surface area contributed by atoms with Crippen LogP contribution in [0.2, 0.25) is 5.15 Å². The molecule has 0 fully saturated rings. The second-order valence-electron chi connectivity index (χ2n) is 3.60. The molecule has 0 aromatic carbocycles. The molecule has 0 aliphatic heterocycles. The number of hydrogen-bond donors (Lipinski definition) is 1. The van der Waals surface area contributed by atoms with Crippen molar-refractivity contribution < 1.29 is 9.72 Å². The predicted molar refractivity (Wildman–Crippen MR) is 75.8 cm³/mol. The minimum absolute atomic E-state index is 0.0948. The SMILES string of the molecule is O=C(Nc1cc(Br)ccn1)c1cc([N+](=O)[O-])cnc1Cl. The normalized spacial score (nSPS) is 10.1. The quantitative estimate of drug-likeness (QED) is 0.517. The van der Waals surface area contributed by atoms with Crippen molar-refractivity contribution in [2.24, 2.45) is 0 Å². The Hall–Kier alpha value is -2.06. The lowest BCUT2D eigenvalue weighted by atomic mass is 10.2. The van der Waals surface area contributed by atoms with Crippen LogP contribution in [0.15, 0.2) is 35.1 Å². The standard InChI is InChI=1S/C11H6BrClN4O3/c12-6-1-2-14-9(3-6)16-11(18)8-4-7(17(19)20)5-15-10(8)13/h1-5H,(H,14,16,18). The van der Waals surface area contributed by atoms with Gasteiger partial charge in [-0.15, -0.1) is 0 Å². The highest BCUT2D eigenvalue weighted by molar-refractivity contribution is 9.10. The maximum absolute atomic E-state index is 12.0. The molecule has 0 aliphatic rings. The van der Waals surface area contributed by atoms with E-state index in [-0.39, 0.29) is 22.2 Å². The number of nitro groups is 1. The highest BCUT2D eigenvalue weighted by Crippen LogP contribution is 2.20. The van der Waals surface area contributed by atoms with Gasteiger partial charge in [-0.1, -0.05) is 27.5 Å². The minimum atomic E-state index is -0.655. The van der Waals surface area contributed by atoms with Crippen LogP contribution in [0.5, 0.6) is 0 Å². The van der Waals surface area contributed by atoms with Crippen LogP contribution in [0.1, 0.15) is 10.4 Å². The molecule has 2 heterocycles. The second-order valence-corrected chi connectivity index (χ2v) is 4.88. The van der Waals surface area contributed by atoms with Gasteiger partial charge in [0, 0.05) is 16.7 Å². The van der Waals surface area contributed by atoms with Crippen molar-refractivity contribution in [3.05, 3.63) is 55.9 Å². The third kappa shape index (κ3) is 3.28. The summed E-state index contributed by atoms with van der Waals surface area (Å²) in [6, 6.07) is 4.33. The van der Waals surface area contributed by atoms with Crippen LogP contribution in [0, 0.1) is 10.1 Å². The Kier molecular flexibility index (Phi) is 4.26. The Bertz CT molecular complexity index is 695. The molecule has 0 spiro atoms. The Morgan fingerprint density at radius 1 is 1.40 bits per heavy atom. The van der Waals surface area contributed by atoms with E-state index in [1.54, 1.807) is 12.1 Å². The van der Waals surface area contributed by atoms with Crippen LogP contribution >= 0.6 is 27.5 Å². The van der Waals surface area contributed by atoms with Gasteiger partial charge in [-0.05, 0) is 12.1 Å². The van der Waals surface area contributed by atoms with Crippen molar-refractivity contribution in [2.45, 2.75) is 0 Å². The zero-order valence-electron chi connectivity index (χ0n) is 9.71. The highest BCUT2D eigenvalue weighted by Gasteiger charge is 2.17. The summed E-state index contributed by atoms with van der Waals surface area (Å²) in [6.07, 6.45) is 2.48. The third-order valence-electron chi connectivity index (χ3n) is 2.24. The van der Waals surface area contributed by atoms with Gasteiger partial charge in [0.25, 0.3) is 11.6 Å². The second kappa shape index (κ2) is 5.93. The molecule has 0 aliphatic carbocycles. The first-order valence-corrected chi connectivity index (χ1v) is 6.37. The van der Waals surface area contributed by atoms with E-state index in [4.69, 9.17) is 11.6 Å². The van der Waals surface area contributed by atoms with Gasteiger partial charge >= 0.3 is 0 Å². The van der Waals surface area contributed by atoms with Crippen molar-refractivity contribution in [3.8, 4) is 0 Å². The molecule has 7 nitrogen and oxygen atoms in total. The Balaban J connectivity index is 2.29.